The number of ether oxygens (including phenoxy) is 1. The number of imide groups is 1. The number of nitrogens with zero attached hydrogens (tertiary/aromatic N) is 3. The van der Waals surface area contributed by atoms with Crippen molar-refractivity contribution < 1.29 is 33.6 Å². The number of Topliss-reactive ketones (excluding diaryl/α,β-unsaturated/α-hetero) is 1. The van der Waals surface area contributed by atoms with Crippen LogP contribution in [0.15, 0.2) is 84.9 Å². The van der Waals surface area contributed by atoms with Gasteiger partial charge in [-0.15, -0.1) is 0 Å². The minimum atomic E-state index is -0.756. The Morgan fingerprint density at radius 1 is 0.867 bits per heavy atom. The maximum absolute atomic E-state index is 13.9. The zero-order valence-electron chi connectivity index (χ0n) is 23.4. The molecular formula is C33H24ClN3O8. The van der Waals surface area contributed by atoms with Crippen molar-refractivity contribution in [3.8, 4) is 5.75 Å². The first kappa shape index (κ1) is 28.6. The van der Waals surface area contributed by atoms with Crippen molar-refractivity contribution in [2.24, 2.45) is 35.5 Å². The fraction of sp³-hybridized carbons (Fsp3) is 0.242. The third-order valence-corrected chi connectivity index (χ3v) is 9.54. The number of esters is 1. The van der Waals surface area contributed by atoms with Crippen molar-refractivity contribution in [3.05, 3.63) is 117 Å². The summed E-state index contributed by atoms with van der Waals surface area (Å²) < 4.78 is 5.32. The summed E-state index contributed by atoms with van der Waals surface area (Å²) >= 11 is 6.32. The Labute approximate surface area is 261 Å². The predicted octanol–water partition coefficient (Wildman–Crippen LogP) is 4.76. The second-order valence-electron chi connectivity index (χ2n) is 11.6. The number of allylic oxidation sites excluding steroid dienone is 2. The lowest BCUT2D eigenvalue weighted by Crippen LogP contribution is -2.52. The molecule has 12 heteroatoms. The minimum Gasteiger partial charge on any atom is -0.423 e. The lowest BCUT2D eigenvalue weighted by molar-refractivity contribution is -0.384. The molecule has 1 saturated heterocycles. The standard InChI is InChI=1S/C33H24ClN3O8/c34-26-4-2-1-3-23(26)30(39)35(36-31(40)28-21-13-14-22(25-15-24(21)25)29(28)32(36)41)16-27(38)17-7-11-20(12-8-17)45-33(42)18-5-9-19(10-6-18)37(43)44/h1-14,21-22,24-25,28-29H,15-16H2/t21-,22-,24-,25+,28-,29+/m0/s1. The number of nitro benzene ring substituents is 1. The van der Waals surface area contributed by atoms with E-state index in [0.717, 1.165) is 16.4 Å². The second-order valence-corrected chi connectivity index (χ2v) is 12.0. The fourth-order valence-electron chi connectivity index (χ4n) is 7.01. The van der Waals surface area contributed by atoms with E-state index in [1.54, 1.807) is 12.1 Å². The Kier molecular flexibility index (Phi) is 6.85. The number of hydrazine groups is 1. The first-order valence-corrected chi connectivity index (χ1v) is 14.7. The molecule has 3 aromatic rings. The van der Waals surface area contributed by atoms with E-state index >= 15 is 0 Å². The van der Waals surface area contributed by atoms with Crippen molar-refractivity contribution in [1.82, 2.24) is 10.0 Å². The Hall–Kier alpha value is -5.16. The van der Waals surface area contributed by atoms with Gasteiger partial charge in [-0.25, -0.2) is 9.80 Å². The smallest absolute Gasteiger partial charge is 0.343 e. The largest absolute Gasteiger partial charge is 0.423 e. The molecule has 11 nitrogen and oxygen atoms in total. The topological polar surface area (TPSA) is 144 Å². The van der Waals surface area contributed by atoms with E-state index < -0.39 is 52.8 Å². The van der Waals surface area contributed by atoms with Crippen LogP contribution in [0.3, 0.4) is 0 Å². The van der Waals surface area contributed by atoms with Gasteiger partial charge in [0.05, 0.1) is 32.9 Å². The summed E-state index contributed by atoms with van der Waals surface area (Å²) in [7, 11) is 0. The van der Waals surface area contributed by atoms with Crippen molar-refractivity contribution in [3.63, 3.8) is 0 Å². The molecule has 3 amide bonds. The molecule has 3 fully saturated rings. The fourth-order valence-corrected chi connectivity index (χ4v) is 7.22. The lowest BCUT2D eigenvalue weighted by Gasteiger charge is -2.37. The molecule has 3 aromatic carbocycles. The van der Waals surface area contributed by atoms with Crippen LogP contribution in [-0.2, 0) is 9.59 Å². The van der Waals surface area contributed by atoms with Gasteiger partial charge in [-0.05, 0) is 78.6 Å². The van der Waals surface area contributed by atoms with E-state index in [0.29, 0.717) is 11.8 Å². The highest BCUT2D eigenvalue weighted by atomic mass is 35.5. The quantitative estimate of drug-likeness (QED) is 0.0663. The van der Waals surface area contributed by atoms with Crippen LogP contribution in [0.25, 0.3) is 0 Å². The van der Waals surface area contributed by atoms with Gasteiger partial charge < -0.3 is 4.74 Å². The normalized spacial score (nSPS) is 25.4. The summed E-state index contributed by atoms with van der Waals surface area (Å²) in [4.78, 5) is 77.9. The van der Waals surface area contributed by atoms with Crippen molar-refractivity contribution in [2.75, 3.05) is 6.54 Å². The SMILES string of the molecule is O=C(CN(C(=O)c1ccccc1Cl)N1C(=O)[C@@H]2[C@H]3C=C[C@@H]([C@@H]4C[C@H]34)[C@@H]2C1=O)c1ccc(OC(=O)c2ccc([N+](=O)[O-])cc2)cc1. The van der Waals surface area contributed by atoms with Crippen LogP contribution < -0.4 is 4.74 Å². The maximum Gasteiger partial charge on any atom is 0.343 e. The summed E-state index contributed by atoms with van der Waals surface area (Å²) in [5.74, 6) is -3.51. The van der Waals surface area contributed by atoms with E-state index in [2.05, 4.69) is 0 Å². The highest BCUT2D eigenvalue weighted by molar-refractivity contribution is 6.34. The number of rotatable bonds is 8. The third-order valence-electron chi connectivity index (χ3n) is 9.21. The van der Waals surface area contributed by atoms with Crippen LogP contribution in [0.1, 0.15) is 37.5 Å². The van der Waals surface area contributed by atoms with Crippen LogP contribution >= 0.6 is 11.6 Å². The zero-order chi connectivity index (χ0) is 31.6. The molecule has 0 spiro atoms. The van der Waals surface area contributed by atoms with Gasteiger partial charge in [0.1, 0.15) is 12.3 Å². The van der Waals surface area contributed by atoms with E-state index in [9.17, 15) is 34.1 Å². The highest BCUT2D eigenvalue weighted by Gasteiger charge is 2.68. The van der Waals surface area contributed by atoms with Crippen molar-refractivity contribution in [1.29, 1.82) is 0 Å². The molecule has 8 rings (SSSR count). The third kappa shape index (κ3) is 4.80. The van der Waals surface area contributed by atoms with Gasteiger partial charge >= 0.3 is 5.97 Å². The average molecular weight is 626 g/mol. The molecule has 2 saturated carbocycles. The molecule has 0 aromatic heterocycles. The van der Waals surface area contributed by atoms with E-state index in [4.69, 9.17) is 16.3 Å². The van der Waals surface area contributed by atoms with Gasteiger partial charge in [0.2, 0.25) is 0 Å². The number of hydrogen-bond acceptors (Lipinski definition) is 8. The Bertz CT molecular complexity index is 1790. The number of ketones is 1. The summed E-state index contributed by atoms with van der Waals surface area (Å²) in [5.41, 5.74) is 0.102. The number of non-ortho nitro benzene ring substituents is 1. The lowest BCUT2D eigenvalue weighted by atomic mass is 9.63. The monoisotopic (exact) mass is 625 g/mol. The van der Waals surface area contributed by atoms with Crippen LogP contribution in [-0.4, -0.2) is 51.0 Å². The summed E-state index contributed by atoms with van der Waals surface area (Å²) in [6.45, 7) is -0.613. The first-order chi connectivity index (χ1) is 21.6. The number of hydrogen-bond donors (Lipinski definition) is 0. The summed E-state index contributed by atoms with van der Waals surface area (Å²) in [6, 6.07) is 16.7. The number of carbonyl (C=O) groups is 5. The molecular weight excluding hydrogens is 602 g/mol. The Morgan fingerprint density at radius 2 is 1.44 bits per heavy atom. The second kappa shape index (κ2) is 10.8. The van der Waals surface area contributed by atoms with Gasteiger partial charge in [-0.2, -0.15) is 5.01 Å². The molecule has 1 heterocycles. The molecule has 6 atom stereocenters. The average Bonchev–Trinajstić information content (AvgIpc) is 3.83. The van der Waals surface area contributed by atoms with Crippen LogP contribution in [0.2, 0.25) is 5.02 Å². The van der Waals surface area contributed by atoms with E-state index in [-0.39, 0.29) is 45.0 Å². The Balaban J connectivity index is 1.12. The molecule has 0 unspecified atom stereocenters. The number of amides is 3. The Morgan fingerprint density at radius 3 is 2.02 bits per heavy atom. The number of nitro groups is 1. The first-order valence-electron chi connectivity index (χ1n) is 14.4. The van der Waals surface area contributed by atoms with Gasteiger partial charge in [0, 0.05) is 17.7 Å². The molecule has 1 aliphatic heterocycles. The summed E-state index contributed by atoms with van der Waals surface area (Å²) in [5, 5.41) is 12.7. The van der Waals surface area contributed by atoms with Gasteiger partial charge in [-0.1, -0.05) is 35.9 Å². The molecule has 226 valence electrons. The van der Waals surface area contributed by atoms with Crippen molar-refractivity contribution in [2.45, 2.75) is 6.42 Å². The van der Waals surface area contributed by atoms with E-state index in [1.165, 1.54) is 60.7 Å². The van der Waals surface area contributed by atoms with Crippen molar-refractivity contribution >= 4 is 46.8 Å². The molecule has 5 aliphatic rings. The number of benzene rings is 3. The molecule has 45 heavy (non-hydrogen) atoms. The maximum atomic E-state index is 13.9. The summed E-state index contributed by atoms with van der Waals surface area (Å²) in [6.07, 6.45) is 5.03. The van der Waals surface area contributed by atoms with Crippen LogP contribution in [0.5, 0.6) is 5.75 Å². The molecule has 2 bridgehead atoms. The number of carbonyl (C=O) groups excluding carboxylic acids is 5. The van der Waals surface area contributed by atoms with Crippen LogP contribution in [0, 0.1) is 45.6 Å². The predicted molar refractivity (Wildman–Crippen MR) is 158 cm³/mol. The van der Waals surface area contributed by atoms with Gasteiger partial charge in [0.15, 0.2) is 5.78 Å². The minimum absolute atomic E-state index is 0.0416. The molecule has 0 N–H and O–H groups in total. The zero-order valence-corrected chi connectivity index (χ0v) is 24.2. The van der Waals surface area contributed by atoms with E-state index in [1.807, 2.05) is 12.2 Å². The molecule has 4 aliphatic carbocycles. The number of halogens is 1. The molecule has 0 radical (unpaired) electrons. The van der Waals surface area contributed by atoms with Crippen LogP contribution in [0.4, 0.5) is 5.69 Å². The van der Waals surface area contributed by atoms with Gasteiger partial charge in [0.25, 0.3) is 23.4 Å². The van der Waals surface area contributed by atoms with Gasteiger partial charge in [-0.3, -0.25) is 29.3 Å². The highest BCUT2D eigenvalue weighted by Crippen LogP contribution is 2.65.